The number of rotatable bonds is 64. The number of hydrogen-bond donors (Lipinski definition) is 0. The highest BCUT2D eigenvalue weighted by atomic mass is 16.6. The number of unbranched alkanes of at least 4 members (excludes halogenated alkanes) is 47. The van der Waals surface area contributed by atoms with Crippen molar-refractivity contribution in [1.82, 2.24) is 0 Å². The number of allylic oxidation sites excluding steroid dienone is 6. The van der Waals surface area contributed by atoms with Crippen molar-refractivity contribution < 1.29 is 28.6 Å². The predicted molar refractivity (Wildman–Crippen MR) is 335 cm³/mol. The quantitative estimate of drug-likeness (QED) is 0.0261. The Balaban J connectivity index is 4.01. The van der Waals surface area contributed by atoms with Crippen molar-refractivity contribution in [1.29, 1.82) is 0 Å². The summed E-state index contributed by atoms with van der Waals surface area (Å²) in [5, 5.41) is 0. The first-order chi connectivity index (χ1) is 38.0. The molecule has 0 aliphatic rings. The van der Waals surface area contributed by atoms with Gasteiger partial charge in [-0.05, 0) is 77.0 Å². The Hall–Kier alpha value is -2.37. The van der Waals surface area contributed by atoms with Crippen molar-refractivity contribution in [2.45, 2.75) is 386 Å². The molecule has 0 amide bonds. The lowest BCUT2D eigenvalue weighted by atomic mass is 10.0. The number of esters is 3. The summed E-state index contributed by atoms with van der Waals surface area (Å²) in [5.41, 5.74) is 0. The second-order valence-electron chi connectivity index (χ2n) is 23.4. The fourth-order valence-corrected chi connectivity index (χ4v) is 10.4. The molecule has 6 nitrogen and oxygen atoms in total. The second-order valence-corrected chi connectivity index (χ2v) is 23.4. The fourth-order valence-electron chi connectivity index (χ4n) is 10.4. The fraction of sp³-hybridized carbons (Fsp3) is 0.873. The molecule has 0 bridgehead atoms. The first-order valence-electron chi connectivity index (χ1n) is 34.5. The van der Waals surface area contributed by atoms with Gasteiger partial charge in [0.25, 0.3) is 0 Å². The molecule has 0 heterocycles. The van der Waals surface area contributed by atoms with Crippen LogP contribution in [0, 0.1) is 0 Å². The smallest absolute Gasteiger partial charge is 0.306 e. The van der Waals surface area contributed by atoms with Crippen molar-refractivity contribution in [3.05, 3.63) is 36.5 Å². The van der Waals surface area contributed by atoms with E-state index in [1.165, 1.54) is 276 Å². The van der Waals surface area contributed by atoms with Crippen LogP contribution in [0.1, 0.15) is 380 Å². The van der Waals surface area contributed by atoms with Gasteiger partial charge in [0.05, 0.1) is 0 Å². The van der Waals surface area contributed by atoms with Crippen LogP contribution in [0.2, 0.25) is 0 Å². The van der Waals surface area contributed by atoms with Crippen LogP contribution in [0.5, 0.6) is 0 Å². The van der Waals surface area contributed by atoms with E-state index in [2.05, 4.69) is 57.2 Å². The van der Waals surface area contributed by atoms with E-state index < -0.39 is 6.10 Å². The van der Waals surface area contributed by atoms with Crippen LogP contribution in [0.4, 0.5) is 0 Å². The van der Waals surface area contributed by atoms with Crippen LogP contribution < -0.4 is 0 Å². The molecule has 452 valence electrons. The number of carbonyl (C=O) groups is 3. The molecule has 0 saturated carbocycles. The largest absolute Gasteiger partial charge is 0.462 e. The van der Waals surface area contributed by atoms with Gasteiger partial charge in [0, 0.05) is 19.3 Å². The Morgan fingerprint density at radius 3 is 0.727 bits per heavy atom. The molecule has 0 aliphatic heterocycles. The molecular weight excluding hydrogens is 949 g/mol. The lowest BCUT2D eigenvalue weighted by Gasteiger charge is -2.18. The van der Waals surface area contributed by atoms with E-state index in [9.17, 15) is 14.4 Å². The third-order valence-corrected chi connectivity index (χ3v) is 15.6. The molecule has 77 heavy (non-hydrogen) atoms. The molecule has 0 fully saturated rings. The van der Waals surface area contributed by atoms with Gasteiger partial charge < -0.3 is 14.2 Å². The summed E-state index contributed by atoms with van der Waals surface area (Å²) in [7, 11) is 0. The molecule has 6 heteroatoms. The van der Waals surface area contributed by atoms with E-state index in [4.69, 9.17) is 14.2 Å². The van der Waals surface area contributed by atoms with E-state index in [0.717, 1.165) is 64.2 Å². The van der Waals surface area contributed by atoms with Gasteiger partial charge in [0.15, 0.2) is 6.10 Å². The van der Waals surface area contributed by atoms with Gasteiger partial charge in [-0.3, -0.25) is 14.4 Å². The second kappa shape index (κ2) is 66.1. The normalized spacial score (nSPS) is 12.2. The maximum Gasteiger partial charge on any atom is 0.306 e. The number of ether oxygens (including phenoxy) is 3. The van der Waals surface area contributed by atoms with Crippen molar-refractivity contribution in [2.24, 2.45) is 0 Å². The zero-order valence-electron chi connectivity index (χ0n) is 52.0. The molecule has 0 aromatic heterocycles. The van der Waals surface area contributed by atoms with Gasteiger partial charge in [-0.25, -0.2) is 0 Å². The summed E-state index contributed by atoms with van der Waals surface area (Å²) in [5.74, 6) is -0.852. The molecular formula is C71H132O6. The molecule has 0 spiro atoms. The Bertz CT molecular complexity index is 1290. The van der Waals surface area contributed by atoms with Gasteiger partial charge in [0.2, 0.25) is 0 Å². The maximum absolute atomic E-state index is 12.9. The third kappa shape index (κ3) is 64.3. The van der Waals surface area contributed by atoms with E-state index in [0.29, 0.717) is 19.3 Å². The summed E-state index contributed by atoms with van der Waals surface area (Å²) < 4.78 is 16.9. The first-order valence-corrected chi connectivity index (χ1v) is 34.5. The van der Waals surface area contributed by atoms with Gasteiger partial charge in [0.1, 0.15) is 13.2 Å². The summed E-state index contributed by atoms with van der Waals surface area (Å²) in [6, 6.07) is 0. The molecule has 0 radical (unpaired) electrons. The van der Waals surface area contributed by atoms with Crippen LogP contribution in [0.15, 0.2) is 36.5 Å². The molecule has 0 aromatic rings. The topological polar surface area (TPSA) is 78.9 Å². The SMILES string of the molecule is CCCCCCC/C=C\C/C=C\CCCCCCCCCCCCCCCCCCCCCC(=O)OCC(COC(=O)CCCCCCCCC)OC(=O)CCCCCCCCCCC/C=C\CCCCCCCCCC. The van der Waals surface area contributed by atoms with Crippen LogP contribution in [0.3, 0.4) is 0 Å². The van der Waals surface area contributed by atoms with Crippen LogP contribution in [-0.4, -0.2) is 37.2 Å². The van der Waals surface area contributed by atoms with E-state index in [1.54, 1.807) is 0 Å². The zero-order valence-corrected chi connectivity index (χ0v) is 52.0. The maximum atomic E-state index is 12.9. The van der Waals surface area contributed by atoms with Crippen molar-refractivity contribution in [3.8, 4) is 0 Å². The van der Waals surface area contributed by atoms with Crippen LogP contribution >= 0.6 is 0 Å². The van der Waals surface area contributed by atoms with Gasteiger partial charge in [-0.2, -0.15) is 0 Å². The van der Waals surface area contributed by atoms with E-state index in [-0.39, 0.29) is 31.1 Å². The monoisotopic (exact) mass is 1080 g/mol. The summed E-state index contributed by atoms with van der Waals surface area (Å²) in [6.07, 6.45) is 82.0. The lowest BCUT2D eigenvalue weighted by molar-refractivity contribution is -0.167. The third-order valence-electron chi connectivity index (χ3n) is 15.6. The molecule has 0 aliphatic carbocycles. The Kier molecular flexibility index (Phi) is 64.1. The molecule has 0 aromatic carbocycles. The Morgan fingerprint density at radius 2 is 0.468 bits per heavy atom. The van der Waals surface area contributed by atoms with Crippen molar-refractivity contribution in [3.63, 3.8) is 0 Å². The van der Waals surface area contributed by atoms with E-state index in [1.807, 2.05) is 0 Å². The molecule has 0 N–H and O–H groups in total. The molecule has 0 rings (SSSR count). The van der Waals surface area contributed by atoms with Gasteiger partial charge >= 0.3 is 17.9 Å². The lowest BCUT2D eigenvalue weighted by Crippen LogP contribution is -2.30. The average Bonchev–Trinajstić information content (AvgIpc) is 3.43. The Morgan fingerprint density at radius 1 is 0.260 bits per heavy atom. The molecule has 0 saturated heterocycles. The zero-order chi connectivity index (χ0) is 55.7. The minimum Gasteiger partial charge on any atom is -0.462 e. The average molecular weight is 1080 g/mol. The molecule has 1 unspecified atom stereocenters. The van der Waals surface area contributed by atoms with Gasteiger partial charge in [-0.1, -0.05) is 320 Å². The number of hydrogen-bond acceptors (Lipinski definition) is 6. The van der Waals surface area contributed by atoms with Crippen molar-refractivity contribution >= 4 is 17.9 Å². The van der Waals surface area contributed by atoms with Gasteiger partial charge in [-0.15, -0.1) is 0 Å². The minimum atomic E-state index is -0.768. The summed E-state index contributed by atoms with van der Waals surface area (Å²) >= 11 is 0. The highest BCUT2D eigenvalue weighted by Crippen LogP contribution is 2.18. The summed E-state index contributed by atoms with van der Waals surface area (Å²) in [6.45, 7) is 6.65. The number of carbonyl (C=O) groups excluding carboxylic acids is 3. The highest BCUT2D eigenvalue weighted by Gasteiger charge is 2.19. The molecule has 1 atom stereocenters. The van der Waals surface area contributed by atoms with Crippen molar-refractivity contribution in [2.75, 3.05) is 13.2 Å². The van der Waals surface area contributed by atoms with E-state index >= 15 is 0 Å². The predicted octanol–water partition coefficient (Wildman–Crippen LogP) is 23.6. The Labute approximate surface area is 480 Å². The standard InChI is InChI=1S/C71H132O6/c1-4-7-10-13-16-18-20-22-24-26-28-30-31-32-33-34-35-36-37-38-39-41-42-44-46-48-50-52-55-58-61-64-70(73)76-67-68(66-75-69(72)63-60-57-54-15-12-9-6-3)77-71(74)65-62-59-56-53-51-49-47-45-43-40-29-27-25-23-21-19-17-14-11-8-5-2/h20,22,26-29,68H,4-19,21,23-25,30-67H2,1-3H3/b22-20-,28-26-,29-27-. The highest BCUT2D eigenvalue weighted by molar-refractivity contribution is 5.71. The van der Waals surface area contributed by atoms with Crippen LogP contribution in [0.25, 0.3) is 0 Å². The summed E-state index contributed by atoms with van der Waals surface area (Å²) in [4.78, 5) is 38.1. The minimum absolute atomic E-state index is 0.0678. The first kappa shape index (κ1) is 74.6. The van der Waals surface area contributed by atoms with Crippen LogP contribution in [-0.2, 0) is 28.6 Å².